The SMILES string of the molecule is CCOc1ccc(S(=O)(=O)Nc2ccc(N3CC[NH+](CC)CC3)cc2)cc1. The maximum atomic E-state index is 12.6. The van der Waals surface area contributed by atoms with E-state index in [1.54, 1.807) is 29.2 Å². The Morgan fingerprint density at radius 2 is 1.63 bits per heavy atom. The molecule has 1 aliphatic rings. The van der Waals surface area contributed by atoms with Crippen molar-refractivity contribution in [1.29, 1.82) is 0 Å². The summed E-state index contributed by atoms with van der Waals surface area (Å²) >= 11 is 0. The standard InChI is InChI=1S/C20H27N3O3S/c1-3-22-13-15-23(16-14-22)18-7-5-17(6-8-18)21-27(24,25)20-11-9-19(10-12-20)26-4-2/h5-12,21H,3-4,13-16H2,1-2H3/p+1. The van der Waals surface area contributed by atoms with Crippen molar-refractivity contribution in [1.82, 2.24) is 0 Å². The molecule has 146 valence electrons. The van der Waals surface area contributed by atoms with Gasteiger partial charge in [0.1, 0.15) is 5.75 Å². The van der Waals surface area contributed by atoms with Gasteiger partial charge < -0.3 is 14.5 Å². The van der Waals surface area contributed by atoms with E-state index in [9.17, 15) is 8.42 Å². The summed E-state index contributed by atoms with van der Waals surface area (Å²) in [6.45, 7) is 10.2. The summed E-state index contributed by atoms with van der Waals surface area (Å²) in [7, 11) is -3.62. The summed E-state index contributed by atoms with van der Waals surface area (Å²) in [6.07, 6.45) is 0. The molecule has 0 unspecified atom stereocenters. The Morgan fingerprint density at radius 3 is 2.19 bits per heavy atom. The molecule has 1 fully saturated rings. The van der Waals surface area contributed by atoms with E-state index in [0.29, 0.717) is 18.0 Å². The van der Waals surface area contributed by atoms with Gasteiger partial charge in [0, 0.05) is 11.4 Å². The number of likely N-dealkylation sites (N-methyl/N-ethyl adjacent to an activating group) is 1. The maximum Gasteiger partial charge on any atom is 0.261 e. The van der Waals surface area contributed by atoms with E-state index in [1.165, 1.54) is 6.54 Å². The van der Waals surface area contributed by atoms with Gasteiger partial charge in [0.15, 0.2) is 0 Å². The molecule has 27 heavy (non-hydrogen) atoms. The molecule has 3 rings (SSSR count). The fourth-order valence-electron chi connectivity index (χ4n) is 3.27. The predicted molar refractivity (Wildman–Crippen MR) is 108 cm³/mol. The molecule has 0 atom stereocenters. The first-order valence-electron chi connectivity index (χ1n) is 9.46. The van der Waals surface area contributed by atoms with Gasteiger partial charge in [0.05, 0.1) is 44.2 Å². The lowest BCUT2D eigenvalue weighted by molar-refractivity contribution is -0.898. The topological polar surface area (TPSA) is 63.1 Å². The number of hydrogen-bond donors (Lipinski definition) is 2. The summed E-state index contributed by atoms with van der Waals surface area (Å²) < 4.78 is 33.1. The van der Waals surface area contributed by atoms with Gasteiger partial charge in [0.2, 0.25) is 0 Å². The third-order valence-electron chi connectivity index (χ3n) is 4.90. The molecule has 0 saturated carbocycles. The van der Waals surface area contributed by atoms with Crippen LogP contribution in [0, 0.1) is 0 Å². The number of rotatable bonds is 7. The Bertz CT molecular complexity index is 828. The molecule has 1 heterocycles. The zero-order valence-corrected chi connectivity index (χ0v) is 16.8. The maximum absolute atomic E-state index is 12.6. The highest BCUT2D eigenvalue weighted by Crippen LogP contribution is 2.22. The van der Waals surface area contributed by atoms with Crippen LogP contribution in [-0.4, -0.2) is 47.7 Å². The molecule has 0 aliphatic carbocycles. The number of quaternary nitrogens is 1. The number of benzene rings is 2. The van der Waals surface area contributed by atoms with Crippen molar-refractivity contribution < 1.29 is 18.1 Å². The average Bonchev–Trinajstić information content (AvgIpc) is 2.69. The third-order valence-corrected chi connectivity index (χ3v) is 6.30. The van der Waals surface area contributed by atoms with Crippen molar-refractivity contribution >= 4 is 21.4 Å². The Kier molecular flexibility index (Phi) is 6.23. The van der Waals surface area contributed by atoms with Gasteiger partial charge in [-0.15, -0.1) is 0 Å². The highest BCUT2D eigenvalue weighted by Gasteiger charge is 2.19. The second-order valence-corrected chi connectivity index (χ2v) is 8.33. The molecule has 2 N–H and O–H groups in total. The molecule has 0 radical (unpaired) electrons. The van der Waals surface area contributed by atoms with Crippen molar-refractivity contribution in [2.24, 2.45) is 0 Å². The van der Waals surface area contributed by atoms with Crippen LogP contribution in [0.2, 0.25) is 0 Å². The fraction of sp³-hybridized carbons (Fsp3) is 0.400. The molecule has 0 bridgehead atoms. The van der Waals surface area contributed by atoms with Crippen LogP contribution < -0.4 is 19.3 Å². The van der Waals surface area contributed by atoms with Crippen LogP contribution in [0.1, 0.15) is 13.8 Å². The zero-order chi connectivity index (χ0) is 19.3. The van der Waals surface area contributed by atoms with Crippen molar-refractivity contribution in [3.63, 3.8) is 0 Å². The van der Waals surface area contributed by atoms with Gasteiger partial charge in [-0.05, 0) is 62.4 Å². The van der Waals surface area contributed by atoms with Gasteiger partial charge >= 0.3 is 0 Å². The van der Waals surface area contributed by atoms with Crippen molar-refractivity contribution in [2.45, 2.75) is 18.7 Å². The van der Waals surface area contributed by atoms with Crippen LogP contribution in [-0.2, 0) is 10.0 Å². The van der Waals surface area contributed by atoms with Crippen molar-refractivity contribution in [3.05, 3.63) is 48.5 Å². The number of nitrogens with one attached hydrogen (secondary N) is 2. The van der Waals surface area contributed by atoms with E-state index < -0.39 is 10.0 Å². The molecule has 1 aliphatic heterocycles. The molecule has 7 heteroatoms. The second-order valence-electron chi connectivity index (χ2n) is 6.65. The Hall–Kier alpha value is -2.25. The Morgan fingerprint density at radius 1 is 1.00 bits per heavy atom. The normalized spacial score (nSPS) is 15.6. The molecular formula is C20H28N3O3S+. The van der Waals surface area contributed by atoms with Gasteiger partial charge in [-0.1, -0.05) is 0 Å². The largest absolute Gasteiger partial charge is 0.494 e. The zero-order valence-electron chi connectivity index (χ0n) is 15.9. The lowest BCUT2D eigenvalue weighted by atomic mass is 10.2. The summed E-state index contributed by atoms with van der Waals surface area (Å²) in [5.41, 5.74) is 1.69. The minimum absolute atomic E-state index is 0.216. The quantitative estimate of drug-likeness (QED) is 0.754. The van der Waals surface area contributed by atoms with E-state index >= 15 is 0 Å². The number of anilines is 2. The van der Waals surface area contributed by atoms with Gasteiger partial charge in [-0.3, -0.25) is 4.72 Å². The van der Waals surface area contributed by atoms with Crippen LogP contribution in [0.25, 0.3) is 0 Å². The van der Waals surface area contributed by atoms with Crippen molar-refractivity contribution in [3.8, 4) is 5.75 Å². The number of ether oxygens (including phenoxy) is 1. The second kappa shape index (κ2) is 8.63. The molecule has 1 saturated heterocycles. The van der Waals surface area contributed by atoms with Crippen LogP contribution in [0.5, 0.6) is 5.75 Å². The first-order valence-corrected chi connectivity index (χ1v) is 10.9. The Balaban J connectivity index is 1.65. The van der Waals surface area contributed by atoms with Crippen LogP contribution in [0.4, 0.5) is 11.4 Å². The van der Waals surface area contributed by atoms with E-state index in [-0.39, 0.29) is 4.90 Å². The van der Waals surface area contributed by atoms with Crippen LogP contribution in [0.3, 0.4) is 0 Å². The smallest absolute Gasteiger partial charge is 0.261 e. The first-order chi connectivity index (χ1) is 13.0. The van der Waals surface area contributed by atoms with Gasteiger partial charge in [-0.2, -0.15) is 0 Å². The summed E-state index contributed by atoms with van der Waals surface area (Å²) in [6, 6.07) is 14.0. The number of nitrogens with zero attached hydrogens (tertiary/aromatic N) is 1. The summed E-state index contributed by atoms with van der Waals surface area (Å²) in [5, 5.41) is 0. The first kappa shape index (κ1) is 19.5. The van der Waals surface area contributed by atoms with Crippen LogP contribution >= 0.6 is 0 Å². The Labute approximate surface area is 161 Å². The highest BCUT2D eigenvalue weighted by atomic mass is 32.2. The monoisotopic (exact) mass is 390 g/mol. The predicted octanol–water partition coefficient (Wildman–Crippen LogP) is 1.61. The van der Waals surface area contributed by atoms with E-state index in [4.69, 9.17) is 4.74 Å². The van der Waals surface area contributed by atoms with Crippen LogP contribution in [0.15, 0.2) is 53.4 Å². The third kappa shape index (κ3) is 4.93. The molecular weight excluding hydrogens is 362 g/mol. The number of hydrogen-bond acceptors (Lipinski definition) is 4. The van der Waals surface area contributed by atoms with E-state index in [1.807, 2.05) is 31.2 Å². The highest BCUT2D eigenvalue weighted by molar-refractivity contribution is 7.92. The summed E-state index contributed by atoms with van der Waals surface area (Å²) in [4.78, 5) is 4.20. The molecule has 2 aromatic carbocycles. The average molecular weight is 391 g/mol. The van der Waals surface area contributed by atoms with E-state index in [0.717, 1.165) is 31.9 Å². The van der Waals surface area contributed by atoms with Gasteiger partial charge in [0.25, 0.3) is 10.0 Å². The summed E-state index contributed by atoms with van der Waals surface area (Å²) in [5.74, 6) is 0.658. The minimum atomic E-state index is -3.62. The van der Waals surface area contributed by atoms with Crippen molar-refractivity contribution in [2.75, 3.05) is 49.0 Å². The fourth-order valence-corrected chi connectivity index (χ4v) is 4.33. The molecule has 2 aromatic rings. The lowest BCUT2D eigenvalue weighted by Crippen LogP contribution is -3.14. The number of sulfonamides is 1. The molecule has 0 spiro atoms. The van der Waals surface area contributed by atoms with E-state index in [2.05, 4.69) is 16.5 Å². The number of piperazine rings is 1. The molecule has 0 amide bonds. The minimum Gasteiger partial charge on any atom is -0.494 e. The molecule has 6 nitrogen and oxygen atoms in total. The molecule has 0 aromatic heterocycles. The lowest BCUT2D eigenvalue weighted by Gasteiger charge is -2.33. The van der Waals surface area contributed by atoms with Gasteiger partial charge in [-0.25, -0.2) is 8.42 Å².